The topological polar surface area (TPSA) is 99.0 Å². The number of rotatable bonds is 4. The van der Waals surface area contributed by atoms with Crippen LogP contribution in [-0.4, -0.2) is 45.2 Å². The van der Waals surface area contributed by atoms with Gasteiger partial charge in [-0.25, -0.2) is 4.68 Å². The molecular weight excluding hydrogens is 250 g/mol. The monoisotopic (exact) mass is 267 g/mol. The van der Waals surface area contributed by atoms with Crippen LogP contribution in [0.3, 0.4) is 0 Å². The fourth-order valence-corrected chi connectivity index (χ4v) is 2.31. The van der Waals surface area contributed by atoms with Crippen LogP contribution in [0.15, 0.2) is 6.33 Å². The molecule has 0 radical (unpaired) electrons. The predicted octanol–water partition coefficient (Wildman–Crippen LogP) is -0.479. The van der Waals surface area contributed by atoms with E-state index in [4.69, 9.17) is 4.74 Å². The summed E-state index contributed by atoms with van der Waals surface area (Å²) in [6, 6.07) is 0.116. The maximum Gasteiger partial charge on any atom is 0.308 e. The molecule has 0 unspecified atom stereocenters. The number of aromatic nitrogens is 4. The molecule has 1 aromatic heterocycles. The summed E-state index contributed by atoms with van der Waals surface area (Å²) in [7, 11) is 1.41. The first-order chi connectivity index (χ1) is 9.19. The van der Waals surface area contributed by atoms with Gasteiger partial charge in [-0.1, -0.05) is 0 Å². The first-order valence-electron chi connectivity index (χ1n) is 6.27. The molecule has 0 spiro atoms. The fraction of sp³-hybridized carbons (Fsp3) is 0.727. The minimum Gasteiger partial charge on any atom is -0.469 e. The second-order valence-corrected chi connectivity index (χ2v) is 4.65. The number of methoxy groups -OCH3 is 1. The van der Waals surface area contributed by atoms with E-state index in [0.717, 1.165) is 25.7 Å². The largest absolute Gasteiger partial charge is 0.469 e. The maximum absolute atomic E-state index is 11.7. The van der Waals surface area contributed by atoms with Crippen molar-refractivity contribution in [1.82, 2.24) is 25.5 Å². The molecule has 1 aliphatic carbocycles. The van der Waals surface area contributed by atoms with Gasteiger partial charge in [0.05, 0.1) is 13.0 Å². The standard InChI is InChI=1S/C11H17N5O3/c1-19-11(18)8-2-4-9(5-3-8)13-10(17)6-16-7-12-14-15-16/h7-9H,2-6H2,1H3,(H,13,17). The molecule has 1 aromatic rings. The highest BCUT2D eigenvalue weighted by molar-refractivity contribution is 5.76. The quantitative estimate of drug-likeness (QED) is 0.740. The molecule has 0 aliphatic heterocycles. The molecule has 1 saturated carbocycles. The Morgan fingerprint density at radius 1 is 1.37 bits per heavy atom. The number of tetrazole rings is 1. The molecular formula is C11H17N5O3. The van der Waals surface area contributed by atoms with Crippen molar-refractivity contribution in [3.05, 3.63) is 6.33 Å². The average Bonchev–Trinajstić information content (AvgIpc) is 2.91. The van der Waals surface area contributed by atoms with Gasteiger partial charge in [-0.05, 0) is 36.1 Å². The van der Waals surface area contributed by atoms with Crippen LogP contribution in [0.2, 0.25) is 0 Å². The van der Waals surface area contributed by atoms with Crippen LogP contribution in [0.1, 0.15) is 25.7 Å². The van der Waals surface area contributed by atoms with E-state index in [0.29, 0.717) is 0 Å². The summed E-state index contributed by atoms with van der Waals surface area (Å²) >= 11 is 0. The number of hydrogen-bond donors (Lipinski definition) is 1. The molecule has 8 nitrogen and oxygen atoms in total. The summed E-state index contributed by atoms with van der Waals surface area (Å²) < 4.78 is 6.09. The zero-order valence-electron chi connectivity index (χ0n) is 10.8. The molecule has 1 fully saturated rings. The van der Waals surface area contributed by atoms with E-state index < -0.39 is 0 Å². The van der Waals surface area contributed by atoms with Crippen LogP contribution in [0.25, 0.3) is 0 Å². The van der Waals surface area contributed by atoms with Crippen molar-refractivity contribution in [3.8, 4) is 0 Å². The van der Waals surface area contributed by atoms with Crippen LogP contribution in [0.5, 0.6) is 0 Å². The first kappa shape index (κ1) is 13.4. The Kier molecular flexibility index (Phi) is 4.43. The summed E-state index contributed by atoms with van der Waals surface area (Å²) in [5, 5.41) is 13.5. The molecule has 104 valence electrons. The Labute approximate surface area is 110 Å². The van der Waals surface area contributed by atoms with Crippen LogP contribution in [0.4, 0.5) is 0 Å². The Balaban J connectivity index is 1.73. The van der Waals surface area contributed by atoms with Crippen LogP contribution in [-0.2, 0) is 20.9 Å². The SMILES string of the molecule is COC(=O)C1CCC(NC(=O)Cn2cnnn2)CC1. The number of nitrogens with one attached hydrogen (secondary N) is 1. The summed E-state index contributed by atoms with van der Waals surface area (Å²) in [6.45, 7) is 0.115. The zero-order valence-corrected chi connectivity index (χ0v) is 10.8. The molecule has 1 aliphatic rings. The van der Waals surface area contributed by atoms with Crippen molar-refractivity contribution in [1.29, 1.82) is 0 Å². The van der Waals surface area contributed by atoms with E-state index in [-0.39, 0.29) is 30.4 Å². The Hall–Kier alpha value is -1.99. The third kappa shape index (κ3) is 3.73. The number of amides is 1. The molecule has 19 heavy (non-hydrogen) atoms. The van der Waals surface area contributed by atoms with Crippen LogP contribution in [0, 0.1) is 5.92 Å². The predicted molar refractivity (Wildman–Crippen MR) is 63.7 cm³/mol. The second kappa shape index (κ2) is 6.26. The molecule has 0 bridgehead atoms. The van der Waals surface area contributed by atoms with E-state index in [1.165, 1.54) is 18.1 Å². The van der Waals surface area contributed by atoms with Gasteiger partial charge in [-0.2, -0.15) is 0 Å². The number of carbonyl (C=O) groups is 2. The minimum absolute atomic E-state index is 0.0299. The molecule has 8 heteroatoms. The van der Waals surface area contributed by atoms with E-state index in [9.17, 15) is 9.59 Å². The van der Waals surface area contributed by atoms with Crippen LogP contribution >= 0.6 is 0 Å². The number of hydrogen-bond acceptors (Lipinski definition) is 6. The number of carbonyl (C=O) groups excluding carboxylic acids is 2. The number of esters is 1. The molecule has 2 rings (SSSR count). The fourth-order valence-electron chi connectivity index (χ4n) is 2.31. The van der Waals surface area contributed by atoms with Gasteiger partial charge in [-0.3, -0.25) is 9.59 Å². The Bertz CT molecular complexity index is 426. The van der Waals surface area contributed by atoms with Gasteiger partial charge in [-0.15, -0.1) is 5.10 Å². The Morgan fingerprint density at radius 3 is 2.68 bits per heavy atom. The molecule has 1 N–H and O–H groups in total. The van der Waals surface area contributed by atoms with Crippen molar-refractivity contribution >= 4 is 11.9 Å². The highest BCUT2D eigenvalue weighted by Crippen LogP contribution is 2.25. The van der Waals surface area contributed by atoms with E-state index in [2.05, 4.69) is 20.8 Å². The van der Waals surface area contributed by atoms with Gasteiger partial charge in [0.15, 0.2) is 0 Å². The van der Waals surface area contributed by atoms with Crippen molar-refractivity contribution < 1.29 is 14.3 Å². The van der Waals surface area contributed by atoms with Crippen LogP contribution < -0.4 is 5.32 Å². The lowest BCUT2D eigenvalue weighted by Gasteiger charge is -2.27. The lowest BCUT2D eigenvalue weighted by Crippen LogP contribution is -2.40. The summed E-state index contributed by atoms with van der Waals surface area (Å²) in [5.74, 6) is -0.301. The number of ether oxygens (including phenoxy) is 1. The summed E-state index contributed by atoms with van der Waals surface area (Å²) in [6.07, 6.45) is 4.49. The van der Waals surface area contributed by atoms with E-state index in [1.807, 2.05) is 0 Å². The number of nitrogens with zero attached hydrogens (tertiary/aromatic N) is 4. The highest BCUT2D eigenvalue weighted by atomic mass is 16.5. The molecule has 0 aromatic carbocycles. The van der Waals surface area contributed by atoms with Gasteiger partial charge in [0, 0.05) is 6.04 Å². The highest BCUT2D eigenvalue weighted by Gasteiger charge is 2.27. The molecule has 1 heterocycles. The average molecular weight is 267 g/mol. The van der Waals surface area contributed by atoms with E-state index >= 15 is 0 Å². The van der Waals surface area contributed by atoms with E-state index in [1.54, 1.807) is 0 Å². The van der Waals surface area contributed by atoms with Gasteiger partial charge in [0.2, 0.25) is 5.91 Å². The zero-order chi connectivity index (χ0) is 13.7. The van der Waals surface area contributed by atoms with Crippen molar-refractivity contribution in [2.24, 2.45) is 5.92 Å². The molecule has 0 atom stereocenters. The minimum atomic E-state index is -0.154. The van der Waals surface area contributed by atoms with Gasteiger partial charge < -0.3 is 10.1 Å². The van der Waals surface area contributed by atoms with Gasteiger partial charge >= 0.3 is 5.97 Å². The maximum atomic E-state index is 11.7. The second-order valence-electron chi connectivity index (χ2n) is 4.65. The first-order valence-corrected chi connectivity index (χ1v) is 6.27. The van der Waals surface area contributed by atoms with Gasteiger partial charge in [0.25, 0.3) is 0 Å². The van der Waals surface area contributed by atoms with Crippen molar-refractivity contribution in [2.75, 3.05) is 7.11 Å². The summed E-state index contributed by atoms with van der Waals surface area (Å²) in [4.78, 5) is 23.1. The van der Waals surface area contributed by atoms with Gasteiger partial charge in [0.1, 0.15) is 12.9 Å². The molecule has 0 saturated heterocycles. The third-order valence-electron chi connectivity index (χ3n) is 3.32. The van der Waals surface area contributed by atoms with Crippen molar-refractivity contribution in [3.63, 3.8) is 0 Å². The third-order valence-corrected chi connectivity index (χ3v) is 3.32. The molecule has 1 amide bonds. The smallest absolute Gasteiger partial charge is 0.308 e. The Morgan fingerprint density at radius 2 is 2.11 bits per heavy atom. The van der Waals surface area contributed by atoms with Crippen molar-refractivity contribution in [2.45, 2.75) is 38.3 Å². The lowest BCUT2D eigenvalue weighted by atomic mass is 9.86. The summed E-state index contributed by atoms with van der Waals surface area (Å²) in [5.41, 5.74) is 0. The lowest BCUT2D eigenvalue weighted by molar-refractivity contribution is -0.146. The normalized spacial score (nSPS) is 22.8.